The van der Waals surface area contributed by atoms with Crippen molar-refractivity contribution >= 4 is 21.8 Å². The van der Waals surface area contributed by atoms with Crippen LogP contribution in [-0.4, -0.2) is 31.7 Å². The van der Waals surface area contributed by atoms with Gasteiger partial charge in [0.05, 0.1) is 23.7 Å². The predicted molar refractivity (Wildman–Crippen MR) is 87.2 cm³/mol. The zero-order valence-electron chi connectivity index (χ0n) is 12.5. The van der Waals surface area contributed by atoms with Crippen molar-refractivity contribution in [3.8, 4) is 11.5 Å². The number of halogens is 1. The van der Waals surface area contributed by atoms with Crippen molar-refractivity contribution in [2.24, 2.45) is 0 Å². The minimum Gasteiger partial charge on any atom is -0.490 e. The fraction of sp³-hybridized carbons (Fsp3) is 0.562. The van der Waals surface area contributed by atoms with Gasteiger partial charge in [0.2, 0.25) is 5.91 Å². The molecule has 0 saturated carbocycles. The molecule has 0 aliphatic carbocycles. The molecule has 3 rings (SSSR count). The van der Waals surface area contributed by atoms with E-state index in [1.54, 1.807) is 0 Å². The van der Waals surface area contributed by atoms with Crippen molar-refractivity contribution in [3.05, 3.63) is 22.2 Å². The number of rotatable bonds is 3. The molecule has 5 nitrogen and oxygen atoms in total. The maximum Gasteiger partial charge on any atom is 0.237 e. The Labute approximate surface area is 138 Å². The molecule has 1 amide bonds. The lowest BCUT2D eigenvalue weighted by Crippen LogP contribution is -2.42. The van der Waals surface area contributed by atoms with E-state index in [2.05, 4.69) is 26.6 Å². The normalized spacial score (nSPS) is 21.7. The van der Waals surface area contributed by atoms with Crippen LogP contribution in [0.3, 0.4) is 0 Å². The zero-order chi connectivity index (χ0) is 15.4. The van der Waals surface area contributed by atoms with Crippen molar-refractivity contribution in [2.75, 3.05) is 19.8 Å². The molecule has 1 aromatic carbocycles. The maximum atomic E-state index is 12.0. The predicted octanol–water partition coefficient (Wildman–Crippen LogP) is 2.37. The van der Waals surface area contributed by atoms with Gasteiger partial charge in [0.25, 0.3) is 0 Å². The number of hydrogen-bond donors (Lipinski definition) is 2. The van der Waals surface area contributed by atoms with Gasteiger partial charge < -0.3 is 20.1 Å². The van der Waals surface area contributed by atoms with Crippen LogP contribution in [0, 0.1) is 0 Å². The molecule has 0 aromatic heterocycles. The Morgan fingerprint density at radius 2 is 2.09 bits per heavy atom. The Kier molecular flexibility index (Phi) is 5.20. The number of benzene rings is 1. The van der Waals surface area contributed by atoms with E-state index >= 15 is 0 Å². The molecular weight excluding hydrogens is 348 g/mol. The molecule has 6 heteroatoms. The first-order chi connectivity index (χ1) is 10.7. The second-order valence-corrected chi connectivity index (χ2v) is 6.53. The van der Waals surface area contributed by atoms with Crippen molar-refractivity contribution in [1.82, 2.24) is 10.6 Å². The third kappa shape index (κ3) is 3.73. The Balaban J connectivity index is 1.68. The van der Waals surface area contributed by atoms with Crippen LogP contribution in [0.5, 0.6) is 11.5 Å². The minimum atomic E-state index is -0.114. The van der Waals surface area contributed by atoms with E-state index in [1.165, 1.54) is 0 Å². The number of nitrogens with one attached hydrogen (secondary N) is 2. The highest BCUT2D eigenvalue weighted by Crippen LogP contribution is 2.38. The molecule has 1 aromatic rings. The van der Waals surface area contributed by atoms with E-state index in [0.717, 1.165) is 53.8 Å². The average Bonchev–Trinajstić information content (AvgIpc) is 2.86. The summed E-state index contributed by atoms with van der Waals surface area (Å²) in [5, 5.41) is 6.29. The van der Waals surface area contributed by atoms with Gasteiger partial charge in [-0.2, -0.15) is 0 Å². The minimum absolute atomic E-state index is 0.103. The first-order valence-corrected chi connectivity index (χ1v) is 8.62. The second kappa shape index (κ2) is 7.33. The summed E-state index contributed by atoms with van der Waals surface area (Å²) >= 11 is 3.55. The Morgan fingerprint density at radius 3 is 3.00 bits per heavy atom. The van der Waals surface area contributed by atoms with E-state index < -0.39 is 0 Å². The highest BCUT2D eigenvalue weighted by atomic mass is 79.9. The third-order valence-electron chi connectivity index (χ3n) is 3.95. The summed E-state index contributed by atoms with van der Waals surface area (Å²) in [5.74, 6) is 1.65. The molecule has 1 saturated heterocycles. The van der Waals surface area contributed by atoms with Gasteiger partial charge in [-0.05, 0) is 52.9 Å². The summed E-state index contributed by atoms with van der Waals surface area (Å²) in [7, 11) is 0. The number of ether oxygens (including phenoxy) is 2. The molecule has 0 radical (unpaired) electrons. The smallest absolute Gasteiger partial charge is 0.237 e. The van der Waals surface area contributed by atoms with Crippen LogP contribution in [0.2, 0.25) is 0 Å². The van der Waals surface area contributed by atoms with Gasteiger partial charge in [0.15, 0.2) is 11.5 Å². The average molecular weight is 369 g/mol. The monoisotopic (exact) mass is 368 g/mol. The highest BCUT2D eigenvalue weighted by molar-refractivity contribution is 9.10. The van der Waals surface area contributed by atoms with Crippen LogP contribution in [-0.2, 0) is 11.3 Å². The molecule has 0 bridgehead atoms. The van der Waals surface area contributed by atoms with Crippen molar-refractivity contribution < 1.29 is 14.3 Å². The molecule has 0 spiro atoms. The fourth-order valence-electron chi connectivity index (χ4n) is 2.76. The summed E-state index contributed by atoms with van der Waals surface area (Å²) < 4.78 is 12.3. The summed E-state index contributed by atoms with van der Waals surface area (Å²) in [6, 6.07) is 3.90. The van der Waals surface area contributed by atoms with Crippen molar-refractivity contribution in [1.29, 1.82) is 0 Å². The molecular formula is C16H21BrN2O3. The SMILES string of the molecule is O=C1NCCCCC1NCc1cc(Br)c2c(c1)OCCCO2. The largest absolute Gasteiger partial charge is 0.490 e. The lowest BCUT2D eigenvalue weighted by molar-refractivity contribution is -0.122. The van der Waals surface area contributed by atoms with Crippen LogP contribution in [0.1, 0.15) is 31.2 Å². The molecule has 2 aliphatic rings. The number of carbonyl (C=O) groups is 1. The van der Waals surface area contributed by atoms with Gasteiger partial charge in [-0.1, -0.05) is 0 Å². The number of fused-ring (bicyclic) bond motifs is 1. The standard InChI is InChI=1S/C16H21BrN2O3/c17-12-8-11(9-14-15(12)22-7-3-6-21-14)10-19-13-4-1-2-5-18-16(13)20/h8-9,13,19H,1-7,10H2,(H,18,20). The van der Waals surface area contributed by atoms with Crippen LogP contribution < -0.4 is 20.1 Å². The summed E-state index contributed by atoms with van der Waals surface area (Å²) in [6.07, 6.45) is 3.90. The molecule has 1 atom stereocenters. The van der Waals surface area contributed by atoms with Gasteiger partial charge in [0, 0.05) is 19.5 Å². The number of hydrogen-bond acceptors (Lipinski definition) is 4. The van der Waals surface area contributed by atoms with Crippen LogP contribution in [0.15, 0.2) is 16.6 Å². The van der Waals surface area contributed by atoms with Gasteiger partial charge in [-0.3, -0.25) is 4.79 Å². The van der Waals surface area contributed by atoms with E-state index in [1.807, 2.05) is 12.1 Å². The van der Waals surface area contributed by atoms with E-state index in [4.69, 9.17) is 9.47 Å². The third-order valence-corrected chi connectivity index (χ3v) is 4.54. The van der Waals surface area contributed by atoms with Gasteiger partial charge in [-0.25, -0.2) is 0 Å². The first kappa shape index (κ1) is 15.6. The lowest BCUT2D eigenvalue weighted by Gasteiger charge is -2.16. The van der Waals surface area contributed by atoms with Crippen molar-refractivity contribution in [2.45, 2.75) is 38.3 Å². The van der Waals surface area contributed by atoms with Crippen molar-refractivity contribution in [3.63, 3.8) is 0 Å². The Morgan fingerprint density at radius 1 is 1.23 bits per heavy atom. The summed E-state index contributed by atoms with van der Waals surface area (Å²) in [4.78, 5) is 12.0. The maximum absolute atomic E-state index is 12.0. The zero-order valence-corrected chi connectivity index (χ0v) is 14.1. The van der Waals surface area contributed by atoms with E-state index in [9.17, 15) is 4.79 Å². The van der Waals surface area contributed by atoms with Crippen LogP contribution in [0.25, 0.3) is 0 Å². The molecule has 2 aliphatic heterocycles. The summed E-state index contributed by atoms with van der Waals surface area (Å²) in [6.45, 7) is 2.76. The lowest BCUT2D eigenvalue weighted by atomic mass is 10.1. The second-order valence-electron chi connectivity index (χ2n) is 5.68. The molecule has 1 fully saturated rings. The molecule has 22 heavy (non-hydrogen) atoms. The quantitative estimate of drug-likeness (QED) is 0.859. The molecule has 2 heterocycles. The highest BCUT2D eigenvalue weighted by Gasteiger charge is 2.20. The Hall–Kier alpha value is -1.27. The molecule has 1 unspecified atom stereocenters. The topological polar surface area (TPSA) is 59.6 Å². The molecule has 120 valence electrons. The van der Waals surface area contributed by atoms with Gasteiger partial charge in [0.1, 0.15) is 0 Å². The van der Waals surface area contributed by atoms with E-state index in [-0.39, 0.29) is 11.9 Å². The number of carbonyl (C=O) groups excluding carboxylic acids is 1. The number of amides is 1. The molecule has 2 N–H and O–H groups in total. The van der Waals surface area contributed by atoms with E-state index in [0.29, 0.717) is 19.8 Å². The Bertz CT molecular complexity index is 550. The fourth-order valence-corrected chi connectivity index (χ4v) is 3.37. The van der Waals surface area contributed by atoms with Gasteiger partial charge in [-0.15, -0.1) is 0 Å². The van der Waals surface area contributed by atoms with Gasteiger partial charge >= 0.3 is 0 Å². The first-order valence-electron chi connectivity index (χ1n) is 7.83. The summed E-state index contributed by atoms with van der Waals surface area (Å²) in [5.41, 5.74) is 1.08. The van der Waals surface area contributed by atoms with Crippen LogP contribution >= 0.6 is 15.9 Å². The van der Waals surface area contributed by atoms with Crippen LogP contribution in [0.4, 0.5) is 0 Å².